The van der Waals surface area contributed by atoms with Crippen LogP contribution < -0.4 is 4.72 Å². The van der Waals surface area contributed by atoms with E-state index in [-0.39, 0.29) is 22.6 Å². The second-order valence-corrected chi connectivity index (χ2v) is 7.14. The van der Waals surface area contributed by atoms with E-state index < -0.39 is 27.7 Å². The molecule has 0 unspecified atom stereocenters. The van der Waals surface area contributed by atoms with Gasteiger partial charge in [0.05, 0.1) is 16.9 Å². The molecular weight excluding hydrogens is 335 g/mol. The van der Waals surface area contributed by atoms with Crippen LogP contribution >= 0.6 is 0 Å². The van der Waals surface area contributed by atoms with E-state index in [9.17, 15) is 22.4 Å². The maximum Gasteiger partial charge on any atom is 0.261 e. The van der Waals surface area contributed by atoms with Gasteiger partial charge in [-0.1, -0.05) is 12.1 Å². The van der Waals surface area contributed by atoms with Gasteiger partial charge in [-0.15, -0.1) is 0 Å². The average Bonchev–Trinajstić information content (AvgIpc) is 2.73. The lowest BCUT2D eigenvalue weighted by Gasteiger charge is -2.09. The molecule has 0 saturated heterocycles. The second kappa shape index (κ2) is 5.72. The number of rotatable bonds is 4. The predicted molar refractivity (Wildman–Crippen MR) is 85.5 cm³/mol. The molecule has 0 aromatic heterocycles. The van der Waals surface area contributed by atoms with Gasteiger partial charge in [0, 0.05) is 12.7 Å². The SMILES string of the molecule is CN1C(=O)c2ccc(NS(=O)(=O)Cc3ccc(F)cc3)cc2C1=O. The van der Waals surface area contributed by atoms with Crippen molar-refractivity contribution >= 4 is 27.5 Å². The maximum absolute atomic E-state index is 12.9. The Bertz CT molecular complexity index is 939. The first kappa shape index (κ1) is 16.1. The summed E-state index contributed by atoms with van der Waals surface area (Å²) in [7, 11) is -2.38. The Morgan fingerprint density at radius 1 is 1.00 bits per heavy atom. The molecule has 1 aliphatic rings. The Hall–Kier alpha value is -2.74. The number of hydrogen-bond donors (Lipinski definition) is 1. The topological polar surface area (TPSA) is 83.6 Å². The van der Waals surface area contributed by atoms with Gasteiger partial charge in [0.25, 0.3) is 11.8 Å². The Balaban J connectivity index is 1.82. The predicted octanol–water partition coefficient (Wildman–Crippen LogP) is 1.99. The van der Waals surface area contributed by atoms with Crippen molar-refractivity contribution in [2.45, 2.75) is 5.75 Å². The number of benzene rings is 2. The third-order valence-corrected chi connectivity index (χ3v) is 4.89. The number of carbonyl (C=O) groups excluding carboxylic acids is 2. The lowest BCUT2D eigenvalue weighted by Crippen LogP contribution is -2.24. The molecule has 2 aromatic rings. The molecular formula is C16H13FN2O4S. The smallest absolute Gasteiger partial charge is 0.261 e. The fourth-order valence-corrected chi connectivity index (χ4v) is 3.63. The molecule has 2 amide bonds. The lowest BCUT2D eigenvalue weighted by atomic mass is 10.1. The van der Waals surface area contributed by atoms with Crippen LogP contribution in [0.3, 0.4) is 0 Å². The maximum atomic E-state index is 12.9. The van der Waals surface area contributed by atoms with E-state index in [2.05, 4.69) is 4.72 Å². The molecule has 8 heteroatoms. The van der Waals surface area contributed by atoms with Crippen LogP contribution in [0, 0.1) is 5.82 Å². The van der Waals surface area contributed by atoms with Gasteiger partial charge < -0.3 is 0 Å². The number of nitrogens with one attached hydrogen (secondary N) is 1. The third kappa shape index (κ3) is 3.00. The van der Waals surface area contributed by atoms with Crippen molar-refractivity contribution in [1.29, 1.82) is 0 Å². The van der Waals surface area contributed by atoms with Gasteiger partial charge in [0.15, 0.2) is 0 Å². The van der Waals surface area contributed by atoms with Crippen molar-refractivity contribution in [3.63, 3.8) is 0 Å². The summed E-state index contributed by atoms with van der Waals surface area (Å²) in [6.07, 6.45) is 0. The number of halogens is 1. The summed E-state index contributed by atoms with van der Waals surface area (Å²) < 4.78 is 39.6. The van der Waals surface area contributed by atoms with E-state index in [1.165, 1.54) is 49.5 Å². The molecule has 0 atom stereocenters. The monoisotopic (exact) mass is 348 g/mol. The molecule has 1 heterocycles. The summed E-state index contributed by atoms with van der Waals surface area (Å²) in [6, 6.07) is 9.30. The fraction of sp³-hybridized carbons (Fsp3) is 0.125. The van der Waals surface area contributed by atoms with E-state index >= 15 is 0 Å². The number of imide groups is 1. The molecule has 1 aliphatic heterocycles. The first-order valence-corrected chi connectivity index (χ1v) is 8.63. The quantitative estimate of drug-likeness (QED) is 0.857. The molecule has 0 fully saturated rings. The van der Waals surface area contributed by atoms with E-state index in [4.69, 9.17) is 0 Å². The summed E-state index contributed by atoms with van der Waals surface area (Å²) in [5, 5.41) is 0. The second-order valence-electron chi connectivity index (χ2n) is 5.42. The van der Waals surface area contributed by atoms with Crippen molar-refractivity contribution in [2.24, 2.45) is 0 Å². The van der Waals surface area contributed by atoms with Gasteiger partial charge in [-0.3, -0.25) is 19.2 Å². The van der Waals surface area contributed by atoms with Crippen LogP contribution in [0.1, 0.15) is 26.3 Å². The number of anilines is 1. The number of nitrogens with zero attached hydrogens (tertiary/aromatic N) is 1. The zero-order chi connectivity index (χ0) is 17.5. The molecule has 0 aliphatic carbocycles. The highest BCUT2D eigenvalue weighted by Crippen LogP contribution is 2.25. The highest BCUT2D eigenvalue weighted by molar-refractivity contribution is 7.91. The third-order valence-electron chi connectivity index (χ3n) is 3.63. The van der Waals surface area contributed by atoms with Crippen LogP contribution in [0.5, 0.6) is 0 Å². The minimum absolute atomic E-state index is 0.157. The summed E-state index contributed by atoms with van der Waals surface area (Å²) in [4.78, 5) is 24.7. The molecule has 2 aromatic carbocycles. The average molecular weight is 348 g/mol. The molecule has 3 rings (SSSR count). The minimum atomic E-state index is -3.74. The van der Waals surface area contributed by atoms with Crippen LogP contribution in [-0.2, 0) is 15.8 Å². The fourth-order valence-electron chi connectivity index (χ4n) is 2.44. The normalized spacial score (nSPS) is 14.0. The molecule has 24 heavy (non-hydrogen) atoms. The van der Waals surface area contributed by atoms with E-state index in [0.29, 0.717) is 5.56 Å². The van der Waals surface area contributed by atoms with Crippen LogP contribution in [0.25, 0.3) is 0 Å². The first-order chi connectivity index (χ1) is 11.3. The molecule has 0 radical (unpaired) electrons. The Morgan fingerprint density at radius 2 is 1.62 bits per heavy atom. The highest BCUT2D eigenvalue weighted by Gasteiger charge is 2.32. The molecule has 0 spiro atoms. The first-order valence-electron chi connectivity index (χ1n) is 6.98. The number of hydrogen-bond acceptors (Lipinski definition) is 4. The van der Waals surface area contributed by atoms with Crippen molar-refractivity contribution < 1.29 is 22.4 Å². The van der Waals surface area contributed by atoms with Gasteiger partial charge in [0.2, 0.25) is 10.0 Å². The highest BCUT2D eigenvalue weighted by atomic mass is 32.2. The largest absolute Gasteiger partial charge is 0.283 e. The number of fused-ring (bicyclic) bond motifs is 1. The van der Waals surface area contributed by atoms with E-state index in [1.54, 1.807) is 0 Å². The standard InChI is InChI=1S/C16H13FN2O4S/c1-19-15(20)13-7-6-12(8-14(13)16(19)21)18-24(22,23)9-10-2-4-11(17)5-3-10/h2-8,18H,9H2,1H3. The van der Waals surface area contributed by atoms with Gasteiger partial charge in [0.1, 0.15) is 5.82 Å². The number of carbonyl (C=O) groups is 2. The molecule has 0 bridgehead atoms. The molecule has 0 saturated carbocycles. The van der Waals surface area contributed by atoms with Crippen LogP contribution in [0.15, 0.2) is 42.5 Å². The van der Waals surface area contributed by atoms with Crippen molar-refractivity contribution in [3.8, 4) is 0 Å². The van der Waals surface area contributed by atoms with Gasteiger partial charge in [-0.05, 0) is 35.9 Å². The molecule has 6 nitrogen and oxygen atoms in total. The zero-order valence-electron chi connectivity index (χ0n) is 12.6. The Morgan fingerprint density at radius 3 is 2.29 bits per heavy atom. The van der Waals surface area contributed by atoms with Gasteiger partial charge >= 0.3 is 0 Å². The summed E-state index contributed by atoms with van der Waals surface area (Å²) in [5.74, 6) is -1.68. The lowest BCUT2D eigenvalue weighted by molar-refractivity contribution is 0.0693. The van der Waals surface area contributed by atoms with E-state index in [0.717, 1.165) is 4.90 Å². The number of amides is 2. The van der Waals surface area contributed by atoms with Crippen molar-refractivity contribution in [1.82, 2.24) is 4.90 Å². The molecule has 124 valence electrons. The van der Waals surface area contributed by atoms with Gasteiger partial charge in [-0.2, -0.15) is 0 Å². The Kier molecular flexibility index (Phi) is 3.84. The van der Waals surface area contributed by atoms with Crippen LogP contribution in [0.4, 0.5) is 10.1 Å². The minimum Gasteiger partial charge on any atom is -0.283 e. The zero-order valence-corrected chi connectivity index (χ0v) is 13.4. The van der Waals surface area contributed by atoms with Crippen LogP contribution in [-0.4, -0.2) is 32.2 Å². The number of sulfonamides is 1. The summed E-state index contributed by atoms with van der Waals surface area (Å²) in [5.41, 5.74) is 1.01. The van der Waals surface area contributed by atoms with Crippen LogP contribution in [0.2, 0.25) is 0 Å². The summed E-state index contributed by atoms with van der Waals surface area (Å²) in [6.45, 7) is 0. The van der Waals surface area contributed by atoms with Gasteiger partial charge in [-0.25, -0.2) is 12.8 Å². The van der Waals surface area contributed by atoms with Crippen molar-refractivity contribution in [3.05, 3.63) is 65.0 Å². The summed E-state index contributed by atoms with van der Waals surface area (Å²) >= 11 is 0. The molecule has 1 N–H and O–H groups in total. The van der Waals surface area contributed by atoms with E-state index in [1.807, 2.05) is 0 Å². The van der Waals surface area contributed by atoms with Crippen molar-refractivity contribution in [2.75, 3.05) is 11.8 Å². The Labute approximate surface area is 138 Å².